The van der Waals surface area contributed by atoms with Crippen LogP contribution in [0.2, 0.25) is 0 Å². The van der Waals surface area contributed by atoms with Gasteiger partial charge in [-0.25, -0.2) is 14.4 Å². The van der Waals surface area contributed by atoms with Crippen LogP contribution in [0.15, 0.2) is 41.1 Å². The van der Waals surface area contributed by atoms with Gasteiger partial charge in [0.1, 0.15) is 17.2 Å². The number of halogens is 1. The third-order valence-corrected chi connectivity index (χ3v) is 5.17. The third-order valence-electron chi connectivity index (χ3n) is 5.17. The Morgan fingerprint density at radius 3 is 2.90 bits per heavy atom. The number of fused-ring (bicyclic) bond motifs is 1. The first-order valence-electron chi connectivity index (χ1n) is 9.39. The van der Waals surface area contributed by atoms with E-state index in [0.717, 1.165) is 43.3 Å². The van der Waals surface area contributed by atoms with Gasteiger partial charge < -0.3 is 20.6 Å². The Balaban J connectivity index is 1.52. The molecule has 5 rings (SSSR count). The van der Waals surface area contributed by atoms with E-state index in [9.17, 15) is 9.50 Å². The van der Waals surface area contributed by atoms with Crippen molar-refractivity contribution in [1.29, 1.82) is 0 Å². The summed E-state index contributed by atoms with van der Waals surface area (Å²) in [5.74, 6) is -0.538. The Morgan fingerprint density at radius 1 is 1.24 bits per heavy atom. The molecule has 1 fully saturated rings. The average Bonchev–Trinajstić information content (AvgIpc) is 3.37. The van der Waals surface area contributed by atoms with Crippen LogP contribution in [-0.4, -0.2) is 37.9 Å². The zero-order valence-electron chi connectivity index (χ0n) is 15.5. The summed E-state index contributed by atoms with van der Waals surface area (Å²) in [4.78, 5) is 8.51. The summed E-state index contributed by atoms with van der Waals surface area (Å²) in [6.07, 6.45) is 5.69. The number of oxazole rings is 1. The van der Waals surface area contributed by atoms with Crippen LogP contribution in [0, 0.1) is 5.82 Å². The van der Waals surface area contributed by atoms with Gasteiger partial charge in [-0.2, -0.15) is 5.10 Å². The van der Waals surface area contributed by atoms with E-state index in [1.165, 1.54) is 6.07 Å². The van der Waals surface area contributed by atoms with Gasteiger partial charge in [0, 0.05) is 30.1 Å². The smallest absolute Gasteiger partial charge is 0.231 e. The van der Waals surface area contributed by atoms with Gasteiger partial charge in [0.25, 0.3) is 0 Å². The number of phenols is 1. The molecule has 9 heteroatoms. The number of anilines is 1. The largest absolute Gasteiger partial charge is 0.504 e. The van der Waals surface area contributed by atoms with E-state index in [1.807, 2.05) is 16.9 Å². The van der Waals surface area contributed by atoms with Crippen LogP contribution in [0.3, 0.4) is 0 Å². The van der Waals surface area contributed by atoms with E-state index in [2.05, 4.69) is 15.3 Å². The number of aromatic nitrogens is 4. The molecule has 0 unspecified atom stereocenters. The molecule has 4 aromatic rings. The van der Waals surface area contributed by atoms with Crippen molar-refractivity contribution in [1.82, 2.24) is 25.1 Å². The third kappa shape index (κ3) is 3.19. The molecule has 1 aliphatic heterocycles. The summed E-state index contributed by atoms with van der Waals surface area (Å²) in [6, 6.07) is 6.27. The average molecular weight is 394 g/mol. The van der Waals surface area contributed by atoms with Crippen LogP contribution in [-0.2, 0) is 0 Å². The molecule has 0 aliphatic carbocycles. The normalized spacial score (nSPS) is 15.2. The number of nitrogens with two attached hydrogens (primary N) is 1. The topological polar surface area (TPSA) is 115 Å². The minimum absolute atomic E-state index is 0.0985. The highest BCUT2D eigenvalue weighted by Crippen LogP contribution is 2.34. The summed E-state index contributed by atoms with van der Waals surface area (Å²) in [5, 5.41) is 18.0. The molecular formula is C20H19FN6O2. The van der Waals surface area contributed by atoms with Gasteiger partial charge in [0.15, 0.2) is 11.3 Å². The number of phenolic OH excluding ortho intramolecular Hbond substituents is 1. The highest BCUT2D eigenvalue weighted by Gasteiger charge is 2.19. The minimum Gasteiger partial charge on any atom is -0.504 e. The number of hydrogen-bond acceptors (Lipinski definition) is 7. The highest BCUT2D eigenvalue weighted by molar-refractivity contribution is 5.84. The highest BCUT2D eigenvalue weighted by atomic mass is 19.1. The van der Waals surface area contributed by atoms with Crippen molar-refractivity contribution in [2.24, 2.45) is 0 Å². The number of hydrogen-bond donors (Lipinski definition) is 3. The fraction of sp³-hybridized carbons (Fsp3) is 0.250. The molecule has 0 saturated carbocycles. The van der Waals surface area contributed by atoms with Crippen LogP contribution < -0.4 is 11.1 Å². The van der Waals surface area contributed by atoms with Crippen molar-refractivity contribution < 1.29 is 13.9 Å². The number of rotatable bonds is 3. The summed E-state index contributed by atoms with van der Waals surface area (Å²) in [7, 11) is 0. The lowest BCUT2D eigenvalue weighted by atomic mass is 10.1. The Hall–Kier alpha value is -3.46. The summed E-state index contributed by atoms with van der Waals surface area (Å²) in [5.41, 5.74) is 8.32. The summed E-state index contributed by atoms with van der Waals surface area (Å²) in [6.45, 7) is 1.97. The molecule has 1 aromatic carbocycles. The molecule has 0 bridgehead atoms. The van der Waals surface area contributed by atoms with E-state index in [4.69, 9.17) is 15.2 Å². The maximum Gasteiger partial charge on any atom is 0.231 e. The van der Waals surface area contributed by atoms with Gasteiger partial charge in [-0.15, -0.1) is 0 Å². The van der Waals surface area contributed by atoms with E-state index >= 15 is 0 Å². The number of aromatic hydroxyl groups is 1. The van der Waals surface area contributed by atoms with Gasteiger partial charge in [0.2, 0.25) is 5.89 Å². The van der Waals surface area contributed by atoms with Crippen molar-refractivity contribution in [2.75, 3.05) is 18.8 Å². The maximum atomic E-state index is 13.5. The molecule has 1 saturated heterocycles. The Bertz CT molecular complexity index is 1200. The number of nitrogen functional groups attached to an aromatic ring is 1. The van der Waals surface area contributed by atoms with Crippen molar-refractivity contribution >= 4 is 16.9 Å². The second kappa shape index (κ2) is 6.85. The molecule has 1 aliphatic rings. The molecule has 4 heterocycles. The first-order valence-corrected chi connectivity index (χ1v) is 9.39. The van der Waals surface area contributed by atoms with E-state index < -0.39 is 5.82 Å². The Morgan fingerprint density at radius 2 is 2.07 bits per heavy atom. The lowest BCUT2D eigenvalue weighted by Crippen LogP contribution is -2.29. The van der Waals surface area contributed by atoms with Gasteiger partial charge >= 0.3 is 0 Å². The maximum absolute atomic E-state index is 13.5. The van der Waals surface area contributed by atoms with Crippen LogP contribution in [0.4, 0.5) is 10.2 Å². The monoisotopic (exact) mass is 394 g/mol. The van der Waals surface area contributed by atoms with Gasteiger partial charge in [-0.1, -0.05) is 0 Å². The predicted molar refractivity (Wildman–Crippen MR) is 106 cm³/mol. The van der Waals surface area contributed by atoms with Crippen LogP contribution in [0.25, 0.3) is 33.8 Å². The molecule has 0 amide bonds. The predicted octanol–water partition coefficient (Wildman–Crippen LogP) is 3.10. The van der Waals surface area contributed by atoms with Crippen LogP contribution >= 0.6 is 0 Å². The molecule has 4 N–H and O–H groups in total. The van der Waals surface area contributed by atoms with Crippen molar-refractivity contribution in [2.45, 2.75) is 18.9 Å². The number of nitrogens with one attached hydrogen (secondary N) is 1. The Kier molecular flexibility index (Phi) is 4.17. The lowest BCUT2D eigenvalue weighted by Gasteiger charge is -2.22. The summed E-state index contributed by atoms with van der Waals surface area (Å²) >= 11 is 0. The van der Waals surface area contributed by atoms with Gasteiger partial charge in [-0.3, -0.25) is 4.68 Å². The van der Waals surface area contributed by atoms with Crippen molar-refractivity contribution in [3.05, 3.63) is 42.5 Å². The van der Waals surface area contributed by atoms with E-state index in [0.29, 0.717) is 11.6 Å². The fourth-order valence-electron chi connectivity index (χ4n) is 3.65. The second-order valence-corrected chi connectivity index (χ2v) is 7.11. The molecule has 0 atom stereocenters. The molecule has 8 nitrogen and oxygen atoms in total. The zero-order chi connectivity index (χ0) is 20.0. The SMILES string of the molecule is Nc1ncc(-c2ccn(C3CCNCC3)n2)cc1-c1nc2cc(F)cc(O)c2o1. The van der Waals surface area contributed by atoms with Crippen molar-refractivity contribution in [3.63, 3.8) is 0 Å². The van der Waals surface area contributed by atoms with E-state index in [-0.39, 0.29) is 28.6 Å². The van der Waals surface area contributed by atoms with Crippen molar-refractivity contribution in [3.8, 4) is 28.5 Å². The molecule has 29 heavy (non-hydrogen) atoms. The summed E-state index contributed by atoms with van der Waals surface area (Å²) < 4.78 is 21.2. The first-order chi connectivity index (χ1) is 14.1. The van der Waals surface area contributed by atoms with Gasteiger partial charge in [0.05, 0.1) is 17.3 Å². The Labute approximate surface area is 165 Å². The number of piperidine rings is 1. The fourth-order valence-corrected chi connectivity index (χ4v) is 3.65. The molecule has 3 aromatic heterocycles. The quantitative estimate of drug-likeness (QED) is 0.489. The second-order valence-electron chi connectivity index (χ2n) is 7.11. The van der Waals surface area contributed by atoms with Crippen LogP contribution in [0.5, 0.6) is 5.75 Å². The molecular weight excluding hydrogens is 375 g/mol. The van der Waals surface area contributed by atoms with Crippen LogP contribution in [0.1, 0.15) is 18.9 Å². The first kappa shape index (κ1) is 17.6. The van der Waals surface area contributed by atoms with E-state index in [1.54, 1.807) is 12.3 Å². The van der Waals surface area contributed by atoms with Gasteiger partial charge in [-0.05, 0) is 38.1 Å². The standard InChI is InChI=1S/C20H19FN6O2/c21-12-8-16-18(17(28)9-12)29-20(25-16)14-7-11(10-24-19(14)22)15-3-6-27(26-15)13-1-4-23-5-2-13/h3,6-10,13,23,28H,1-2,4-5H2,(H2,22,24). The zero-order valence-corrected chi connectivity index (χ0v) is 15.5. The number of nitrogens with zero attached hydrogens (tertiary/aromatic N) is 4. The number of benzene rings is 1. The number of pyridine rings is 1. The lowest BCUT2D eigenvalue weighted by molar-refractivity contribution is 0.343. The molecule has 148 valence electrons. The minimum atomic E-state index is -0.599. The molecule has 0 radical (unpaired) electrons. The molecule has 0 spiro atoms.